The van der Waals surface area contributed by atoms with Crippen LogP contribution in [0.4, 0.5) is 13.2 Å². The molecule has 9 heteroatoms. The second-order valence-corrected chi connectivity index (χ2v) is 4.40. The molecule has 21 heavy (non-hydrogen) atoms. The number of benzene rings is 1. The Balaban J connectivity index is 2.03. The van der Waals surface area contributed by atoms with Gasteiger partial charge in [-0.3, -0.25) is 0 Å². The number of nitrogens with zero attached hydrogens (tertiary/aromatic N) is 4. The van der Waals surface area contributed by atoms with Gasteiger partial charge in [0.25, 0.3) is 5.82 Å². The molecule has 3 aromatic rings. The summed E-state index contributed by atoms with van der Waals surface area (Å²) in [4.78, 5) is 0. The van der Waals surface area contributed by atoms with Crippen LogP contribution in [0, 0.1) is 0 Å². The standard InChI is InChI=1S/C12H6ClF3N4O/c13-7-3-1-2-4-8(7)21-10-6-5-9-17-18-11(12(14,15)16)20(9)19-10/h1-6H. The molecule has 1 aromatic carbocycles. The zero-order chi connectivity index (χ0) is 15.0. The number of fused-ring (bicyclic) bond motifs is 1. The first-order valence-corrected chi connectivity index (χ1v) is 6.05. The van der Waals surface area contributed by atoms with Gasteiger partial charge >= 0.3 is 6.18 Å². The van der Waals surface area contributed by atoms with Gasteiger partial charge in [0.2, 0.25) is 5.88 Å². The summed E-state index contributed by atoms with van der Waals surface area (Å²) in [6.45, 7) is 0. The van der Waals surface area contributed by atoms with Crippen molar-refractivity contribution in [2.75, 3.05) is 0 Å². The van der Waals surface area contributed by atoms with Crippen LogP contribution < -0.4 is 4.74 Å². The Morgan fingerprint density at radius 1 is 1.05 bits per heavy atom. The molecule has 108 valence electrons. The topological polar surface area (TPSA) is 52.3 Å². The average molecular weight is 315 g/mol. The summed E-state index contributed by atoms with van der Waals surface area (Å²) < 4.78 is 44.2. The fourth-order valence-electron chi connectivity index (χ4n) is 1.64. The summed E-state index contributed by atoms with van der Waals surface area (Å²) in [5.74, 6) is -0.990. The molecule has 0 atom stereocenters. The number of para-hydroxylation sites is 1. The van der Waals surface area contributed by atoms with Crippen molar-refractivity contribution in [1.82, 2.24) is 19.8 Å². The average Bonchev–Trinajstić information content (AvgIpc) is 2.84. The Kier molecular flexibility index (Phi) is 3.17. The molecule has 0 amide bonds. The maximum atomic E-state index is 12.7. The molecule has 2 heterocycles. The summed E-state index contributed by atoms with van der Waals surface area (Å²) in [5, 5.41) is 10.5. The van der Waals surface area contributed by atoms with E-state index in [4.69, 9.17) is 16.3 Å². The van der Waals surface area contributed by atoms with Crippen molar-refractivity contribution in [3.63, 3.8) is 0 Å². The van der Waals surface area contributed by atoms with Crippen molar-refractivity contribution in [1.29, 1.82) is 0 Å². The van der Waals surface area contributed by atoms with Gasteiger partial charge in [0, 0.05) is 6.07 Å². The van der Waals surface area contributed by atoms with Crippen molar-refractivity contribution in [2.45, 2.75) is 6.18 Å². The lowest BCUT2D eigenvalue weighted by Crippen LogP contribution is -2.12. The summed E-state index contributed by atoms with van der Waals surface area (Å²) >= 11 is 5.91. The van der Waals surface area contributed by atoms with Gasteiger partial charge in [-0.25, -0.2) is 0 Å². The van der Waals surface area contributed by atoms with Crippen LogP contribution >= 0.6 is 11.6 Å². The Bertz CT molecular complexity index is 803. The van der Waals surface area contributed by atoms with E-state index in [0.29, 0.717) is 9.54 Å². The van der Waals surface area contributed by atoms with Crippen molar-refractivity contribution in [3.05, 3.63) is 47.2 Å². The molecule has 0 N–H and O–H groups in total. The minimum absolute atomic E-state index is 0.0335. The van der Waals surface area contributed by atoms with Gasteiger partial charge in [0.1, 0.15) is 5.75 Å². The lowest BCUT2D eigenvalue weighted by molar-refractivity contribution is -0.146. The third-order valence-electron chi connectivity index (χ3n) is 2.54. The van der Waals surface area contributed by atoms with Crippen LogP contribution in [0.5, 0.6) is 11.6 Å². The van der Waals surface area contributed by atoms with Gasteiger partial charge in [-0.2, -0.15) is 17.7 Å². The molecule has 0 fully saturated rings. The maximum Gasteiger partial charge on any atom is 0.453 e. The van der Waals surface area contributed by atoms with Crippen LogP contribution in [0.1, 0.15) is 5.82 Å². The van der Waals surface area contributed by atoms with Crippen LogP contribution in [0.15, 0.2) is 36.4 Å². The molecule has 0 saturated heterocycles. The normalized spacial score (nSPS) is 11.8. The summed E-state index contributed by atoms with van der Waals surface area (Å²) in [6.07, 6.45) is -4.66. The first-order chi connectivity index (χ1) is 9.95. The second kappa shape index (κ2) is 4.88. The Hall–Kier alpha value is -2.35. The smallest absolute Gasteiger partial charge is 0.436 e. The Labute approximate surface area is 120 Å². The minimum atomic E-state index is -4.66. The van der Waals surface area contributed by atoms with Gasteiger partial charge in [-0.15, -0.1) is 15.3 Å². The van der Waals surface area contributed by atoms with E-state index >= 15 is 0 Å². The lowest BCUT2D eigenvalue weighted by atomic mass is 10.3. The van der Waals surface area contributed by atoms with Crippen LogP contribution in [0.2, 0.25) is 5.02 Å². The molecular weight excluding hydrogens is 309 g/mol. The van der Waals surface area contributed by atoms with Crippen molar-refractivity contribution in [2.24, 2.45) is 0 Å². The second-order valence-electron chi connectivity index (χ2n) is 4.00. The van der Waals surface area contributed by atoms with E-state index in [2.05, 4.69) is 15.3 Å². The van der Waals surface area contributed by atoms with Gasteiger partial charge < -0.3 is 4.74 Å². The third kappa shape index (κ3) is 2.62. The van der Waals surface area contributed by atoms with E-state index in [-0.39, 0.29) is 17.3 Å². The lowest BCUT2D eigenvalue weighted by Gasteiger charge is -2.07. The zero-order valence-electron chi connectivity index (χ0n) is 10.2. The quantitative estimate of drug-likeness (QED) is 0.725. The highest BCUT2D eigenvalue weighted by molar-refractivity contribution is 6.32. The monoisotopic (exact) mass is 314 g/mol. The molecule has 0 aliphatic rings. The number of hydrogen-bond acceptors (Lipinski definition) is 4. The van der Waals surface area contributed by atoms with Gasteiger partial charge in [-0.1, -0.05) is 23.7 Å². The van der Waals surface area contributed by atoms with Crippen LogP contribution in [-0.2, 0) is 6.18 Å². The summed E-state index contributed by atoms with van der Waals surface area (Å²) in [7, 11) is 0. The van der Waals surface area contributed by atoms with Gasteiger partial charge in [0.15, 0.2) is 5.65 Å². The van der Waals surface area contributed by atoms with Crippen molar-refractivity contribution in [3.8, 4) is 11.6 Å². The zero-order valence-corrected chi connectivity index (χ0v) is 10.9. The summed E-state index contributed by atoms with van der Waals surface area (Å²) in [6, 6.07) is 9.25. The highest BCUT2D eigenvalue weighted by Crippen LogP contribution is 2.30. The van der Waals surface area contributed by atoms with E-state index < -0.39 is 12.0 Å². The van der Waals surface area contributed by atoms with Crippen molar-refractivity contribution < 1.29 is 17.9 Å². The Morgan fingerprint density at radius 3 is 2.52 bits per heavy atom. The number of aromatic nitrogens is 4. The first-order valence-electron chi connectivity index (χ1n) is 5.67. The van der Waals surface area contributed by atoms with Crippen LogP contribution in [-0.4, -0.2) is 19.8 Å². The fourth-order valence-corrected chi connectivity index (χ4v) is 1.82. The largest absolute Gasteiger partial charge is 0.453 e. The Morgan fingerprint density at radius 2 is 1.81 bits per heavy atom. The van der Waals surface area contributed by atoms with Crippen molar-refractivity contribution >= 4 is 17.2 Å². The molecule has 5 nitrogen and oxygen atoms in total. The minimum Gasteiger partial charge on any atom is -0.436 e. The molecule has 2 aromatic heterocycles. The molecule has 3 rings (SSSR count). The van der Waals surface area contributed by atoms with Crippen LogP contribution in [0.3, 0.4) is 0 Å². The molecule has 0 saturated carbocycles. The van der Waals surface area contributed by atoms with Gasteiger partial charge in [-0.05, 0) is 18.2 Å². The molecule has 0 spiro atoms. The van der Waals surface area contributed by atoms with E-state index in [0.717, 1.165) is 0 Å². The highest BCUT2D eigenvalue weighted by Gasteiger charge is 2.37. The predicted octanol–water partition coefficient (Wildman–Crippen LogP) is 3.59. The SMILES string of the molecule is FC(F)(F)c1nnc2ccc(Oc3ccccc3Cl)nn12. The van der Waals surface area contributed by atoms with E-state index in [9.17, 15) is 13.2 Å². The molecule has 0 bridgehead atoms. The number of rotatable bonds is 2. The van der Waals surface area contributed by atoms with Gasteiger partial charge in [0.05, 0.1) is 5.02 Å². The number of alkyl halides is 3. The third-order valence-corrected chi connectivity index (χ3v) is 2.86. The highest BCUT2D eigenvalue weighted by atomic mass is 35.5. The van der Waals surface area contributed by atoms with E-state index in [1.54, 1.807) is 24.3 Å². The molecule has 0 aliphatic carbocycles. The molecule has 0 unspecified atom stereocenters. The number of halogens is 4. The molecule has 0 aliphatic heterocycles. The van der Waals surface area contributed by atoms with E-state index in [1.165, 1.54) is 12.1 Å². The number of ether oxygens (including phenoxy) is 1. The molecule has 0 radical (unpaired) electrons. The maximum absolute atomic E-state index is 12.7. The first kappa shape index (κ1) is 13.6. The summed E-state index contributed by atoms with van der Waals surface area (Å²) in [5.41, 5.74) is -0.0335. The predicted molar refractivity (Wildman–Crippen MR) is 67.3 cm³/mol. The molecular formula is C12H6ClF3N4O. The fraction of sp³-hybridized carbons (Fsp3) is 0.0833. The van der Waals surface area contributed by atoms with Crippen LogP contribution in [0.25, 0.3) is 5.65 Å². The van der Waals surface area contributed by atoms with E-state index in [1.807, 2.05) is 0 Å². The number of hydrogen-bond donors (Lipinski definition) is 0.